The van der Waals surface area contributed by atoms with Crippen LogP contribution in [0, 0.1) is 5.92 Å². The van der Waals surface area contributed by atoms with Crippen LogP contribution in [-0.4, -0.2) is 18.4 Å². The summed E-state index contributed by atoms with van der Waals surface area (Å²) < 4.78 is 0. The van der Waals surface area contributed by atoms with Crippen LogP contribution >= 0.6 is 15.9 Å². The molecule has 1 atom stereocenters. The van der Waals surface area contributed by atoms with Gasteiger partial charge in [-0.3, -0.25) is 0 Å². The average molecular weight is 220 g/mol. The maximum absolute atomic E-state index is 3.46. The molecule has 1 rings (SSSR count). The second kappa shape index (κ2) is 6.01. The van der Waals surface area contributed by atoms with Gasteiger partial charge in [0.15, 0.2) is 0 Å². The van der Waals surface area contributed by atoms with Gasteiger partial charge in [0.25, 0.3) is 0 Å². The largest absolute Gasteiger partial charge is 0.316 e. The van der Waals surface area contributed by atoms with Gasteiger partial charge in [0.2, 0.25) is 0 Å². The van der Waals surface area contributed by atoms with Crippen molar-refractivity contribution >= 4 is 15.9 Å². The Bertz CT molecular complexity index is 89.6. The van der Waals surface area contributed by atoms with Crippen LogP contribution in [0.2, 0.25) is 0 Å². The molecule has 0 spiro atoms. The van der Waals surface area contributed by atoms with E-state index in [1.54, 1.807) is 0 Å². The van der Waals surface area contributed by atoms with E-state index >= 15 is 0 Å². The molecule has 0 aliphatic carbocycles. The van der Waals surface area contributed by atoms with Crippen LogP contribution in [-0.2, 0) is 0 Å². The molecule has 1 nitrogen and oxygen atoms in total. The van der Waals surface area contributed by atoms with Crippen molar-refractivity contribution < 1.29 is 0 Å². The molecule has 11 heavy (non-hydrogen) atoms. The molecule has 1 unspecified atom stereocenters. The van der Waals surface area contributed by atoms with Crippen molar-refractivity contribution in [1.82, 2.24) is 5.32 Å². The van der Waals surface area contributed by atoms with Crippen molar-refractivity contribution in [3.8, 4) is 0 Å². The van der Waals surface area contributed by atoms with Crippen LogP contribution in [0.5, 0.6) is 0 Å². The third-order valence-electron chi connectivity index (χ3n) is 2.39. The standard InChI is InChI=1S/C9H18BrN/c10-6-2-1-4-9-5-3-7-11-8-9/h9,11H,1-8H2. The summed E-state index contributed by atoms with van der Waals surface area (Å²) in [4.78, 5) is 0. The fourth-order valence-corrected chi connectivity index (χ4v) is 2.09. The Balaban J connectivity index is 1.96. The lowest BCUT2D eigenvalue weighted by atomic mass is 9.94. The molecule has 2 heteroatoms. The molecule has 0 radical (unpaired) electrons. The Hall–Kier alpha value is 0.440. The van der Waals surface area contributed by atoms with E-state index in [9.17, 15) is 0 Å². The summed E-state index contributed by atoms with van der Waals surface area (Å²) >= 11 is 3.46. The molecule has 1 N–H and O–H groups in total. The third kappa shape index (κ3) is 4.12. The number of hydrogen-bond donors (Lipinski definition) is 1. The highest BCUT2D eigenvalue weighted by atomic mass is 79.9. The van der Waals surface area contributed by atoms with E-state index in [0.717, 1.165) is 5.92 Å². The van der Waals surface area contributed by atoms with Crippen molar-refractivity contribution in [2.75, 3.05) is 18.4 Å². The highest BCUT2D eigenvalue weighted by Gasteiger charge is 2.11. The fraction of sp³-hybridized carbons (Fsp3) is 1.00. The molecule has 1 heterocycles. The minimum Gasteiger partial charge on any atom is -0.316 e. The first-order valence-electron chi connectivity index (χ1n) is 4.70. The van der Waals surface area contributed by atoms with E-state index in [4.69, 9.17) is 0 Å². The average Bonchev–Trinajstić information content (AvgIpc) is 2.07. The smallest absolute Gasteiger partial charge is 0.00313 e. The van der Waals surface area contributed by atoms with Gasteiger partial charge in [0, 0.05) is 5.33 Å². The zero-order valence-corrected chi connectivity index (χ0v) is 8.70. The lowest BCUT2D eigenvalue weighted by Crippen LogP contribution is -2.29. The molecule has 0 aromatic carbocycles. The quantitative estimate of drug-likeness (QED) is 0.567. The predicted octanol–water partition coefficient (Wildman–Crippen LogP) is 2.55. The van der Waals surface area contributed by atoms with Gasteiger partial charge in [0.05, 0.1) is 0 Å². The van der Waals surface area contributed by atoms with Crippen LogP contribution in [0.25, 0.3) is 0 Å². The SMILES string of the molecule is BrCCCCC1CCCNC1. The number of nitrogens with one attached hydrogen (secondary N) is 1. The number of hydrogen-bond acceptors (Lipinski definition) is 1. The van der Waals surface area contributed by atoms with Gasteiger partial charge in [0.1, 0.15) is 0 Å². The first-order valence-corrected chi connectivity index (χ1v) is 5.82. The van der Waals surface area contributed by atoms with Crippen molar-refractivity contribution in [2.45, 2.75) is 32.1 Å². The summed E-state index contributed by atoms with van der Waals surface area (Å²) in [6, 6.07) is 0. The predicted molar refractivity (Wildman–Crippen MR) is 53.2 cm³/mol. The summed E-state index contributed by atoms with van der Waals surface area (Å²) in [7, 11) is 0. The van der Waals surface area contributed by atoms with E-state index in [1.165, 1.54) is 50.5 Å². The van der Waals surface area contributed by atoms with E-state index < -0.39 is 0 Å². The molecular formula is C9H18BrN. The molecule has 1 aliphatic heterocycles. The molecule has 1 saturated heterocycles. The Labute approximate surface area is 78.1 Å². The topological polar surface area (TPSA) is 12.0 Å². The number of piperidine rings is 1. The molecule has 1 aliphatic rings. The highest BCUT2D eigenvalue weighted by Crippen LogP contribution is 2.16. The van der Waals surface area contributed by atoms with Gasteiger partial charge in [-0.2, -0.15) is 0 Å². The summed E-state index contributed by atoms with van der Waals surface area (Å²) in [5, 5.41) is 4.62. The molecule has 66 valence electrons. The minimum absolute atomic E-state index is 0.975. The highest BCUT2D eigenvalue weighted by molar-refractivity contribution is 9.09. The molecule has 0 saturated carbocycles. The van der Waals surface area contributed by atoms with Crippen molar-refractivity contribution in [2.24, 2.45) is 5.92 Å². The maximum atomic E-state index is 3.46. The minimum atomic E-state index is 0.975. The van der Waals surface area contributed by atoms with Crippen molar-refractivity contribution in [3.05, 3.63) is 0 Å². The summed E-state index contributed by atoms with van der Waals surface area (Å²) in [5.41, 5.74) is 0. The van der Waals surface area contributed by atoms with Gasteiger partial charge >= 0.3 is 0 Å². The lowest BCUT2D eigenvalue weighted by Gasteiger charge is -2.22. The normalized spacial score (nSPS) is 25.4. The number of halogens is 1. The lowest BCUT2D eigenvalue weighted by molar-refractivity contribution is 0.350. The van der Waals surface area contributed by atoms with Crippen LogP contribution in [0.1, 0.15) is 32.1 Å². The maximum Gasteiger partial charge on any atom is 0.00313 e. The third-order valence-corrected chi connectivity index (χ3v) is 2.96. The molecule has 0 aromatic rings. The fourth-order valence-electron chi connectivity index (χ4n) is 1.70. The Morgan fingerprint density at radius 3 is 2.91 bits per heavy atom. The Morgan fingerprint density at radius 2 is 2.27 bits per heavy atom. The first kappa shape index (κ1) is 9.53. The van der Waals surface area contributed by atoms with Crippen molar-refractivity contribution in [1.29, 1.82) is 0 Å². The van der Waals surface area contributed by atoms with Crippen LogP contribution in [0.3, 0.4) is 0 Å². The molecule has 0 aromatic heterocycles. The molecule has 0 amide bonds. The number of unbranched alkanes of at least 4 members (excludes halogenated alkanes) is 1. The number of rotatable bonds is 4. The summed E-state index contributed by atoms with van der Waals surface area (Å²) in [6.07, 6.45) is 7.01. The Kier molecular flexibility index (Phi) is 5.21. The van der Waals surface area contributed by atoms with Gasteiger partial charge in [-0.1, -0.05) is 22.4 Å². The summed E-state index contributed by atoms with van der Waals surface area (Å²) in [5.74, 6) is 0.975. The second-order valence-electron chi connectivity index (χ2n) is 3.40. The van der Waals surface area contributed by atoms with Gasteiger partial charge < -0.3 is 5.32 Å². The molecular weight excluding hydrogens is 202 g/mol. The first-order chi connectivity index (χ1) is 5.43. The van der Waals surface area contributed by atoms with Gasteiger partial charge in [-0.15, -0.1) is 0 Å². The zero-order chi connectivity index (χ0) is 7.94. The van der Waals surface area contributed by atoms with E-state index in [-0.39, 0.29) is 0 Å². The Morgan fingerprint density at radius 1 is 1.36 bits per heavy atom. The van der Waals surface area contributed by atoms with E-state index in [0.29, 0.717) is 0 Å². The van der Waals surface area contributed by atoms with Crippen molar-refractivity contribution in [3.63, 3.8) is 0 Å². The molecule has 1 fully saturated rings. The van der Waals surface area contributed by atoms with Crippen LogP contribution in [0.4, 0.5) is 0 Å². The van der Waals surface area contributed by atoms with E-state index in [1.807, 2.05) is 0 Å². The monoisotopic (exact) mass is 219 g/mol. The van der Waals surface area contributed by atoms with Gasteiger partial charge in [-0.05, 0) is 44.7 Å². The van der Waals surface area contributed by atoms with Crippen LogP contribution in [0.15, 0.2) is 0 Å². The van der Waals surface area contributed by atoms with E-state index in [2.05, 4.69) is 21.2 Å². The second-order valence-corrected chi connectivity index (χ2v) is 4.19. The van der Waals surface area contributed by atoms with Gasteiger partial charge in [-0.25, -0.2) is 0 Å². The number of alkyl halides is 1. The zero-order valence-electron chi connectivity index (χ0n) is 7.11. The van der Waals surface area contributed by atoms with Crippen LogP contribution < -0.4 is 5.32 Å². The molecule has 0 bridgehead atoms. The summed E-state index contributed by atoms with van der Waals surface area (Å²) in [6.45, 7) is 2.51.